The van der Waals surface area contributed by atoms with Crippen LogP contribution in [0.2, 0.25) is 0 Å². The summed E-state index contributed by atoms with van der Waals surface area (Å²) in [7, 11) is 0. The summed E-state index contributed by atoms with van der Waals surface area (Å²) in [5.74, 6) is 1.30. The molecule has 2 atom stereocenters. The van der Waals surface area contributed by atoms with Gasteiger partial charge in [-0.05, 0) is 36.1 Å². The van der Waals surface area contributed by atoms with Gasteiger partial charge >= 0.3 is 0 Å². The van der Waals surface area contributed by atoms with Gasteiger partial charge < -0.3 is 9.84 Å². The Kier molecular flexibility index (Phi) is 4.80. The van der Waals surface area contributed by atoms with Crippen LogP contribution in [0.4, 0.5) is 0 Å². The van der Waals surface area contributed by atoms with Gasteiger partial charge in [-0.15, -0.1) is 0 Å². The predicted octanol–water partition coefficient (Wildman–Crippen LogP) is 4.31. The van der Waals surface area contributed by atoms with Crippen LogP contribution in [0.3, 0.4) is 0 Å². The third kappa shape index (κ3) is 3.61. The van der Waals surface area contributed by atoms with Gasteiger partial charge in [-0.2, -0.15) is 0 Å². The highest BCUT2D eigenvalue weighted by atomic mass is 16.5. The summed E-state index contributed by atoms with van der Waals surface area (Å²) >= 11 is 0. The van der Waals surface area contributed by atoms with Crippen molar-refractivity contribution in [3.05, 3.63) is 65.7 Å². The summed E-state index contributed by atoms with van der Waals surface area (Å²) < 4.78 is 5.82. The maximum absolute atomic E-state index is 10.3. The molecule has 0 aliphatic rings. The van der Waals surface area contributed by atoms with Crippen molar-refractivity contribution in [2.45, 2.75) is 38.9 Å². The van der Waals surface area contributed by atoms with Crippen LogP contribution in [-0.4, -0.2) is 11.2 Å². The van der Waals surface area contributed by atoms with E-state index in [0.29, 0.717) is 5.92 Å². The molecule has 2 nitrogen and oxygen atoms in total. The van der Waals surface area contributed by atoms with Crippen molar-refractivity contribution < 1.29 is 9.84 Å². The topological polar surface area (TPSA) is 29.5 Å². The minimum atomic E-state index is -0.624. The van der Waals surface area contributed by atoms with Gasteiger partial charge in [-0.3, -0.25) is 0 Å². The number of aliphatic hydroxyl groups excluding tert-OH is 1. The Bertz CT molecular complexity index is 517. The first-order valence-electron chi connectivity index (χ1n) is 7.07. The molecule has 0 aromatic heterocycles. The lowest BCUT2D eigenvalue weighted by Gasteiger charge is -2.21. The first-order chi connectivity index (χ1) is 9.58. The maximum Gasteiger partial charge on any atom is 0.126 e. The van der Waals surface area contributed by atoms with Crippen molar-refractivity contribution in [2.24, 2.45) is 0 Å². The predicted molar refractivity (Wildman–Crippen MR) is 82.0 cm³/mol. The summed E-state index contributed by atoms with van der Waals surface area (Å²) in [6.45, 7) is 6.21. The van der Waals surface area contributed by atoms with E-state index in [9.17, 15) is 5.11 Å². The Balaban J connectivity index is 2.02. The van der Waals surface area contributed by atoms with Crippen LogP contribution < -0.4 is 4.74 Å². The Hall–Kier alpha value is -1.80. The second-order valence-corrected chi connectivity index (χ2v) is 5.40. The van der Waals surface area contributed by atoms with E-state index in [-0.39, 0.29) is 6.10 Å². The zero-order valence-corrected chi connectivity index (χ0v) is 12.3. The molecule has 0 aliphatic heterocycles. The second kappa shape index (κ2) is 6.58. The van der Waals surface area contributed by atoms with Gasteiger partial charge in [0.1, 0.15) is 18.0 Å². The smallest absolute Gasteiger partial charge is 0.126 e. The fourth-order valence-corrected chi connectivity index (χ4v) is 2.13. The van der Waals surface area contributed by atoms with E-state index in [1.165, 1.54) is 5.56 Å². The lowest BCUT2D eigenvalue weighted by molar-refractivity contribution is 0.0467. The highest BCUT2D eigenvalue weighted by Crippen LogP contribution is 2.23. The zero-order chi connectivity index (χ0) is 14.5. The molecule has 0 amide bonds. The Morgan fingerprint density at radius 1 is 0.800 bits per heavy atom. The van der Waals surface area contributed by atoms with Crippen molar-refractivity contribution >= 4 is 0 Å². The van der Waals surface area contributed by atoms with Gasteiger partial charge in [0.15, 0.2) is 0 Å². The molecule has 2 aromatic rings. The monoisotopic (exact) mass is 270 g/mol. The molecule has 2 unspecified atom stereocenters. The number of hydrogen-bond donors (Lipinski definition) is 1. The van der Waals surface area contributed by atoms with Crippen LogP contribution in [0.5, 0.6) is 5.75 Å². The number of ether oxygens (including phenoxy) is 1. The molecule has 0 bridgehead atoms. The van der Waals surface area contributed by atoms with Gasteiger partial charge in [-0.25, -0.2) is 0 Å². The molecule has 0 saturated carbocycles. The quantitative estimate of drug-likeness (QED) is 0.877. The van der Waals surface area contributed by atoms with Gasteiger partial charge in [0.2, 0.25) is 0 Å². The molecule has 0 saturated heterocycles. The molecule has 0 radical (unpaired) electrons. The summed E-state index contributed by atoms with van der Waals surface area (Å²) in [5.41, 5.74) is 2.16. The Morgan fingerprint density at radius 2 is 1.40 bits per heavy atom. The first kappa shape index (κ1) is 14.6. The van der Waals surface area contributed by atoms with Crippen LogP contribution in [0.25, 0.3) is 0 Å². The number of aliphatic hydroxyl groups is 1. The molecule has 1 N–H and O–H groups in total. The van der Waals surface area contributed by atoms with E-state index in [2.05, 4.69) is 26.0 Å². The van der Waals surface area contributed by atoms with Gasteiger partial charge in [0, 0.05) is 0 Å². The van der Waals surface area contributed by atoms with Crippen molar-refractivity contribution in [3.8, 4) is 5.75 Å². The first-order valence-corrected chi connectivity index (χ1v) is 7.07. The molecule has 0 fully saturated rings. The van der Waals surface area contributed by atoms with Crippen molar-refractivity contribution in [1.29, 1.82) is 0 Å². The number of benzene rings is 2. The third-order valence-corrected chi connectivity index (χ3v) is 3.45. The standard InChI is InChI=1S/C18H22O2/c1-13(2)15-9-11-17(12-10-15)20-14(3)18(19)16-7-5-4-6-8-16/h4-14,18-19H,1-3H3. The third-order valence-electron chi connectivity index (χ3n) is 3.45. The Morgan fingerprint density at radius 3 is 1.95 bits per heavy atom. The fourth-order valence-electron chi connectivity index (χ4n) is 2.13. The normalized spacial score (nSPS) is 14.1. The van der Waals surface area contributed by atoms with Crippen LogP contribution in [-0.2, 0) is 0 Å². The van der Waals surface area contributed by atoms with Crippen LogP contribution >= 0.6 is 0 Å². The summed E-state index contributed by atoms with van der Waals surface area (Å²) in [6.07, 6.45) is -0.914. The second-order valence-electron chi connectivity index (χ2n) is 5.40. The highest BCUT2D eigenvalue weighted by Gasteiger charge is 2.17. The fraction of sp³-hybridized carbons (Fsp3) is 0.333. The summed E-state index contributed by atoms with van der Waals surface area (Å²) in [4.78, 5) is 0. The highest BCUT2D eigenvalue weighted by molar-refractivity contribution is 5.29. The average Bonchev–Trinajstić information content (AvgIpc) is 2.48. The summed E-state index contributed by atoms with van der Waals surface area (Å²) in [5, 5.41) is 10.3. The van der Waals surface area contributed by atoms with E-state index in [1.807, 2.05) is 49.4 Å². The molecule has 2 rings (SSSR count). The average molecular weight is 270 g/mol. The van der Waals surface area contributed by atoms with Gasteiger partial charge in [0.05, 0.1) is 0 Å². The van der Waals surface area contributed by atoms with E-state index in [0.717, 1.165) is 11.3 Å². The van der Waals surface area contributed by atoms with Gasteiger partial charge in [-0.1, -0.05) is 56.3 Å². The molecule has 106 valence electrons. The van der Waals surface area contributed by atoms with E-state index in [1.54, 1.807) is 0 Å². The van der Waals surface area contributed by atoms with Crippen LogP contribution in [0.15, 0.2) is 54.6 Å². The van der Waals surface area contributed by atoms with Crippen molar-refractivity contribution in [2.75, 3.05) is 0 Å². The SMILES string of the molecule is CC(C)c1ccc(OC(C)C(O)c2ccccc2)cc1. The van der Waals surface area contributed by atoms with Crippen molar-refractivity contribution in [3.63, 3.8) is 0 Å². The van der Waals surface area contributed by atoms with E-state index >= 15 is 0 Å². The zero-order valence-electron chi connectivity index (χ0n) is 12.3. The molecule has 20 heavy (non-hydrogen) atoms. The lowest BCUT2D eigenvalue weighted by atomic mass is 10.0. The minimum Gasteiger partial charge on any atom is -0.488 e. The maximum atomic E-state index is 10.3. The van der Waals surface area contributed by atoms with E-state index < -0.39 is 6.10 Å². The molecular weight excluding hydrogens is 248 g/mol. The Labute approximate surface area is 121 Å². The molecule has 0 aliphatic carbocycles. The molecular formula is C18H22O2. The molecule has 2 heteroatoms. The number of rotatable bonds is 5. The molecule has 0 heterocycles. The lowest BCUT2D eigenvalue weighted by Crippen LogP contribution is -2.21. The number of hydrogen-bond acceptors (Lipinski definition) is 2. The van der Waals surface area contributed by atoms with Crippen molar-refractivity contribution in [1.82, 2.24) is 0 Å². The van der Waals surface area contributed by atoms with E-state index in [4.69, 9.17) is 4.74 Å². The molecule has 2 aromatic carbocycles. The van der Waals surface area contributed by atoms with Crippen LogP contribution in [0.1, 0.15) is 43.9 Å². The largest absolute Gasteiger partial charge is 0.488 e. The van der Waals surface area contributed by atoms with Gasteiger partial charge in [0.25, 0.3) is 0 Å². The minimum absolute atomic E-state index is 0.290. The molecule has 0 spiro atoms. The summed E-state index contributed by atoms with van der Waals surface area (Å²) in [6, 6.07) is 17.7. The van der Waals surface area contributed by atoms with Crippen LogP contribution in [0, 0.1) is 0 Å².